The maximum absolute atomic E-state index is 12.1. The van der Waals surface area contributed by atoms with Gasteiger partial charge in [-0.25, -0.2) is 0 Å². The highest BCUT2D eigenvalue weighted by molar-refractivity contribution is 8.14. The molecule has 0 bridgehead atoms. The highest BCUT2D eigenvalue weighted by Gasteiger charge is 2.43. The van der Waals surface area contributed by atoms with Crippen molar-refractivity contribution in [1.29, 1.82) is 0 Å². The second-order valence-corrected chi connectivity index (χ2v) is 6.17. The fourth-order valence-corrected chi connectivity index (χ4v) is 3.24. The average molecular weight is 336 g/mol. The van der Waals surface area contributed by atoms with E-state index in [1.165, 1.54) is 4.90 Å². The number of hydrogen-bond donors (Lipinski definition) is 0. The van der Waals surface area contributed by atoms with Crippen LogP contribution in [-0.2, 0) is 9.59 Å². The van der Waals surface area contributed by atoms with E-state index in [1.54, 1.807) is 36.3 Å². The van der Waals surface area contributed by atoms with Gasteiger partial charge in [0.05, 0.1) is 18.9 Å². The third-order valence-corrected chi connectivity index (χ3v) is 4.60. The maximum atomic E-state index is 12.1. The summed E-state index contributed by atoms with van der Waals surface area (Å²) in [7, 11) is 1.56. The first-order valence-electron chi connectivity index (χ1n) is 7.12. The van der Waals surface area contributed by atoms with Crippen LogP contribution < -0.4 is 9.47 Å². The van der Waals surface area contributed by atoms with Gasteiger partial charge in [0.1, 0.15) is 11.5 Å². The Labute approximate surface area is 137 Å². The van der Waals surface area contributed by atoms with Crippen LogP contribution in [0.1, 0.15) is 0 Å². The predicted molar refractivity (Wildman–Crippen MR) is 83.6 cm³/mol. The van der Waals surface area contributed by atoms with Crippen LogP contribution in [0.15, 0.2) is 24.3 Å². The van der Waals surface area contributed by atoms with Gasteiger partial charge in [0, 0.05) is 19.2 Å². The van der Waals surface area contributed by atoms with Crippen LogP contribution in [-0.4, -0.2) is 65.5 Å². The number of ether oxygens (including phenoxy) is 2. The molecule has 2 heterocycles. The minimum Gasteiger partial charge on any atom is -0.497 e. The third kappa shape index (κ3) is 3.26. The smallest absolute Gasteiger partial charge is 0.289 e. The monoisotopic (exact) mass is 336 g/mol. The lowest BCUT2D eigenvalue weighted by Gasteiger charge is -2.42. The number of imide groups is 1. The Balaban J connectivity index is 1.47. The van der Waals surface area contributed by atoms with Crippen LogP contribution >= 0.6 is 11.8 Å². The molecule has 0 radical (unpaired) electrons. The number of carbonyl (C=O) groups excluding carboxylic acids is 3. The van der Waals surface area contributed by atoms with Gasteiger partial charge in [-0.2, -0.15) is 0 Å². The lowest BCUT2D eigenvalue weighted by Crippen LogP contribution is -2.62. The zero-order valence-corrected chi connectivity index (χ0v) is 13.4. The number of thioether (sulfide) groups is 1. The van der Waals surface area contributed by atoms with E-state index in [0.717, 1.165) is 11.8 Å². The van der Waals surface area contributed by atoms with E-state index in [0.29, 0.717) is 24.6 Å². The highest BCUT2D eigenvalue weighted by Crippen LogP contribution is 2.26. The Kier molecular flexibility index (Phi) is 4.42. The average Bonchev–Trinajstić information content (AvgIpc) is 2.84. The van der Waals surface area contributed by atoms with E-state index >= 15 is 0 Å². The summed E-state index contributed by atoms with van der Waals surface area (Å²) >= 11 is 1.01. The predicted octanol–water partition coefficient (Wildman–Crippen LogP) is 0.980. The van der Waals surface area contributed by atoms with Gasteiger partial charge in [-0.15, -0.1) is 0 Å². The number of likely N-dealkylation sites (tertiary alicyclic amines) is 1. The molecule has 122 valence electrons. The van der Waals surface area contributed by atoms with E-state index in [4.69, 9.17) is 9.47 Å². The van der Waals surface area contributed by atoms with Crippen LogP contribution in [0.2, 0.25) is 0 Å². The van der Waals surface area contributed by atoms with E-state index in [1.807, 2.05) is 0 Å². The normalized spacial score (nSPS) is 18.1. The largest absolute Gasteiger partial charge is 0.497 e. The number of benzene rings is 1. The van der Waals surface area contributed by atoms with Gasteiger partial charge >= 0.3 is 0 Å². The summed E-state index contributed by atoms with van der Waals surface area (Å²) in [6.45, 7) is 0.660. The second kappa shape index (κ2) is 6.49. The minimum atomic E-state index is -0.222. The summed E-state index contributed by atoms with van der Waals surface area (Å²) in [6.07, 6.45) is 0. The summed E-state index contributed by atoms with van der Waals surface area (Å²) in [6, 6.07) is 6.81. The number of carbonyl (C=O) groups is 3. The summed E-state index contributed by atoms with van der Waals surface area (Å²) < 4.78 is 10.5. The third-order valence-electron chi connectivity index (χ3n) is 3.77. The molecule has 0 atom stereocenters. The first-order chi connectivity index (χ1) is 11.1. The Morgan fingerprint density at radius 3 is 2.70 bits per heavy atom. The first kappa shape index (κ1) is 15.7. The summed E-state index contributed by atoms with van der Waals surface area (Å²) in [5, 5.41) is -0.222. The van der Waals surface area contributed by atoms with Crippen molar-refractivity contribution in [3.63, 3.8) is 0 Å². The lowest BCUT2D eigenvalue weighted by atomic mass is 10.1. The Morgan fingerprint density at radius 1 is 1.30 bits per heavy atom. The Hall–Kier alpha value is -2.22. The summed E-state index contributed by atoms with van der Waals surface area (Å²) in [5.74, 6) is 1.06. The summed E-state index contributed by atoms with van der Waals surface area (Å²) in [4.78, 5) is 38.1. The van der Waals surface area contributed by atoms with Crippen LogP contribution in [0.5, 0.6) is 11.5 Å². The van der Waals surface area contributed by atoms with Gasteiger partial charge in [-0.1, -0.05) is 17.8 Å². The molecule has 0 aromatic heterocycles. The standard InChI is InChI=1S/C15H16N2O5S/c1-21-11-3-2-4-12(5-11)22-8-13(18)16-6-10(7-16)17-14(19)9-23-15(17)20/h2-5,10H,6-9H2,1H3. The fraction of sp³-hybridized carbons (Fsp3) is 0.400. The van der Waals surface area contributed by atoms with Crippen molar-refractivity contribution in [2.75, 3.05) is 32.6 Å². The molecule has 0 N–H and O–H groups in total. The number of nitrogens with zero attached hydrogens (tertiary/aromatic N) is 2. The zero-order valence-electron chi connectivity index (χ0n) is 12.6. The van der Waals surface area contributed by atoms with Crippen molar-refractivity contribution in [3.05, 3.63) is 24.3 Å². The van der Waals surface area contributed by atoms with Crippen LogP contribution in [0.4, 0.5) is 4.79 Å². The van der Waals surface area contributed by atoms with Gasteiger partial charge in [-0.05, 0) is 12.1 Å². The fourth-order valence-electron chi connectivity index (χ4n) is 2.47. The van der Waals surface area contributed by atoms with Gasteiger partial charge in [0.15, 0.2) is 6.61 Å². The lowest BCUT2D eigenvalue weighted by molar-refractivity contribution is -0.143. The number of amides is 3. The van der Waals surface area contributed by atoms with Crippen molar-refractivity contribution in [2.24, 2.45) is 0 Å². The van der Waals surface area contributed by atoms with Crippen LogP contribution in [0.3, 0.4) is 0 Å². The summed E-state index contributed by atoms with van der Waals surface area (Å²) in [5.41, 5.74) is 0. The van der Waals surface area contributed by atoms with Crippen LogP contribution in [0, 0.1) is 0 Å². The molecule has 8 heteroatoms. The molecule has 0 unspecified atom stereocenters. The number of hydrogen-bond acceptors (Lipinski definition) is 6. The van der Waals surface area contributed by atoms with E-state index in [-0.39, 0.29) is 35.5 Å². The molecule has 0 spiro atoms. The molecule has 2 aliphatic rings. The Bertz CT molecular complexity index is 629. The molecule has 3 amide bonds. The van der Waals surface area contributed by atoms with E-state index in [9.17, 15) is 14.4 Å². The van der Waals surface area contributed by atoms with Crippen molar-refractivity contribution in [2.45, 2.75) is 6.04 Å². The molecule has 7 nitrogen and oxygen atoms in total. The number of rotatable bonds is 5. The zero-order chi connectivity index (χ0) is 16.4. The quantitative estimate of drug-likeness (QED) is 0.798. The molecule has 0 saturated carbocycles. The van der Waals surface area contributed by atoms with Gasteiger partial charge < -0.3 is 14.4 Å². The maximum Gasteiger partial charge on any atom is 0.289 e. The molecule has 2 saturated heterocycles. The van der Waals surface area contributed by atoms with Crippen LogP contribution in [0.25, 0.3) is 0 Å². The van der Waals surface area contributed by atoms with E-state index in [2.05, 4.69) is 0 Å². The van der Waals surface area contributed by atoms with Crippen molar-refractivity contribution >= 4 is 28.8 Å². The second-order valence-electron chi connectivity index (χ2n) is 5.24. The minimum absolute atomic E-state index is 0.0868. The van der Waals surface area contributed by atoms with Crippen molar-refractivity contribution in [1.82, 2.24) is 9.80 Å². The van der Waals surface area contributed by atoms with Crippen molar-refractivity contribution in [3.8, 4) is 11.5 Å². The molecular formula is C15H16N2O5S. The first-order valence-corrected chi connectivity index (χ1v) is 8.10. The Morgan fingerprint density at radius 2 is 2.04 bits per heavy atom. The molecular weight excluding hydrogens is 320 g/mol. The molecule has 1 aromatic carbocycles. The topological polar surface area (TPSA) is 76.2 Å². The van der Waals surface area contributed by atoms with Gasteiger partial charge in [0.2, 0.25) is 5.91 Å². The number of methoxy groups -OCH3 is 1. The molecule has 2 fully saturated rings. The van der Waals surface area contributed by atoms with Gasteiger partial charge in [0.25, 0.3) is 11.1 Å². The molecule has 2 aliphatic heterocycles. The van der Waals surface area contributed by atoms with E-state index < -0.39 is 0 Å². The molecule has 3 rings (SSSR count). The molecule has 0 aliphatic carbocycles. The SMILES string of the molecule is COc1cccc(OCC(=O)N2CC(N3C(=O)CSC3=O)C2)c1. The van der Waals surface area contributed by atoms with Crippen molar-refractivity contribution < 1.29 is 23.9 Å². The molecule has 1 aromatic rings. The molecule has 23 heavy (non-hydrogen) atoms. The van der Waals surface area contributed by atoms with Gasteiger partial charge in [-0.3, -0.25) is 19.3 Å². The highest BCUT2D eigenvalue weighted by atomic mass is 32.2.